The predicted molar refractivity (Wildman–Crippen MR) is 106 cm³/mol. The van der Waals surface area contributed by atoms with Gasteiger partial charge in [0.1, 0.15) is 0 Å². The largest absolute Gasteiger partial charge is 0.352 e. The van der Waals surface area contributed by atoms with E-state index in [2.05, 4.69) is 36.6 Å². The van der Waals surface area contributed by atoms with Crippen LogP contribution in [0.15, 0.2) is 36.9 Å². The van der Waals surface area contributed by atoms with E-state index in [9.17, 15) is 4.79 Å². The van der Waals surface area contributed by atoms with Crippen LogP contribution in [-0.2, 0) is 0 Å². The lowest BCUT2D eigenvalue weighted by molar-refractivity contribution is 0.0923. The summed E-state index contributed by atoms with van der Waals surface area (Å²) in [7, 11) is 0. The highest BCUT2D eigenvalue weighted by Gasteiger charge is 2.23. The zero-order valence-electron chi connectivity index (χ0n) is 16.1. The summed E-state index contributed by atoms with van der Waals surface area (Å²) < 4.78 is 0. The number of hydrogen-bond acceptors (Lipinski definition) is 6. The zero-order valence-corrected chi connectivity index (χ0v) is 16.1. The second kappa shape index (κ2) is 9.41. The van der Waals surface area contributed by atoms with Gasteiger partial charge in [0.25, 0.3) is 5.91 Å². The number of carbonyl (C=O) groups excluding carboxylic acids is 1. The zero-order chi connectivity index (χ0) is 19.1. The third kappa shape index (κ3) is 5.47. The first-order valence-electron chi connectivity index (χ1n) is 9.64. The second-order valence-electron chi connectivity index (χ2n) is 7.20. The predicted octanol–water partition coefficient (Wildman–Crippen LogP) is 2.65. The van der Waals surface area contributed by atoms with Crippen molar-refractivity contribution in [2.75, 3.05) is 25.0 Å². The van der Waals surface area contributed by atoms with Crippen LogP contribution in [0.2, 0.25) is 0 Å². The Morgan fingerprint density at radius 3 is 2.52 bits per heavy atom. The van der Waals surface area contributed by atoms with Crippen LogP contribution in [0.5, 0.6) is 0 Å². The number of anilines is 1. The van der Waals surface area contributed by atoms with Crippen molar-refractivity contribution in [2.45, 2.75) is 45.2 Å². The molecule has 2 N–H and O–H groups in total. The van der Waals surface area contributed by atoms with E-state index in [0.29, 0.717) is 18.1 Å². The van der Waals surface area contributed by atoms with Gasteiger partial charge in [-0.05, 0) is 51.4 Å². The fraction of sp³-hybridized carbons (Fsp3) is 0.500. The molecule has 1 aliphatic heterocycles. The van der Waals surface area contributed by atoms with Gasteiger partial charge in [-0.1, -0.05) is 12.5 Å². The summed E-state index contributed by atoms with van der Waals surface area (Å²) in [6.07, 6.45) is 10.5. The molecule has 1 aliphatic rings. The van der Waals surface area contributed by atoms with Crippen LogP contribution in [0.3, 0.4) is 0 Å². The molecular formula is C20H28N6O. The van der Waals surface area contributed by atoms with Crippen molar-refractivity contribution in [3.05, 3.63) is 48.0 Å². The van der Waals surface area contributed by atoms with Gasteiger partial charge in [-0.2, -0.15) is 0 Å². The number of piperidine rings is 1. The molecule has 0 spiro atoms. The molecule has 3 heterocycles. The van der Waals surface area contributed by atoms with Crippen LogP contribution in [0.1, 0.15) is 55.1 Å². The highest BCUT2D eigenvalue weighted by atomic mass is 16.1. The van der Waals surface area contributed by atoms with E-state index in [-0.39, 0.29) is 18.0 Å². The van der Waals surface area contributed by atoms with Crippen molar-refractivity contribution >= 4 is 11.9 Å². The lowest BCUT2D eigenvalue weighted by atomic mass is 10.0. The van der Waals surface area contributed by atoms with Gasteiger partial charge >= 0.3 is 0 Å². The normalized spacial score (nSPS) is 16.1. The minimum Gasteiger partial charge on any atom is -0.352 e. The standard InChI is InChI=1S/C20H28N6O/c1-15(2)25-20-23-12-17(13-24-20)19(27)22-14-18(16-7-6-8-21-11-16)26-9-4-3-5-10-26/h6-8,11-13,15,18H,3-5,9-10,14H2,1-2H3,(H,22,27)(H,23,24,25). The molecule has 7 heteroatoms. The van der Waals surface area contributed by atoms with Gasteiger partial charge < -0.3 is 10.6 Å². The van der Waals surface area contributed by atoms with Crippen molar-refractivity contribution < 1.29 is 4.79 Å². The van der Waals surface area contributed by atoms with Gasteiger partial charge in [0, 0.05) is 37.4 Å². The molecule has 0 radical (unpaired) electrons. The Morgan fingerprint density at radius 1 is 1.15 bits per heavy atom. The number of rotatable bonds is 7. The number of nitrogens with zero attached hydrogens (tertiary/aromatic N) is 4. The lowest BCUT2D eigenvalue weighted by Gasteiger charge is -2.34. The summed E-state index contributed by atoms with van der Waals surface area (Å²) in [5.41, 5.74) is 1.60. The highest BCUT2D eigenvalue weighted by molar-refractivity contribution is 5.93. The Bertz CT molecular complexity index is 713. The first-order valence-corrected chi connectivity index (χ1v) is 9.64. The average molecular weight is 368 g/mol. The maximum Gasteiger partial charge on any atom is 0.254 e. The Kier molecular flexibility index (Phi) is 6.70. The number of hydrogen-bond donors (Lipinski definition) is 2. The molecule has 1 amide bonds. The number of nitrogens with one attached hydrogen (secondary N) is 2. The van der Waals surface area contributed by atoms with E-state index in [1.165, 1.54) is 19.3 Å². The summed E-state index contributed by atoms with van der Waals surface area (Å²) >= 11 is 0. The topological polar surface area (TPSA) is 83.0 Å². The van der Waals surface area contributed by atoms with Crippen molar-refractivity contribution in [1.29, 1.82) is 0 Å². The molecule has 2 aromatic rings. The minimum atomic E-state index is -0.156. The fourth-order valence-electron chi connectivity index (χ4n) is 3.33. The van der Waals surface area contributed by atoms with E-state index in [4.69, 9.17) is 0 Å². The smallest absolute Gasteiger partial charge is 0.254 e. The lowest BCUT2D eigenvalue weighted by Crippen LogP contribution is -2.40. The van der Waals surface area contributed by atoms with Crippen molar-refractivity contribution in [2.24, 2.45) is 0 Å². The molecule has 27 heavy (non-hydrogen) atoms. The molecule has 0 aromatic carbocycles. The molecule has 0 bridgehead atoms. The summed E-state index contributed by atoms with van der Waals surface area (Å²) in [5.74, 6) is 0.375. The Balaban J connectivity index is 1.64. The van der Waals surface area contributed by atoms with E-state index >= 15 is 0 Å². The van der Waals surface area contributed by atoms with Gasteiger partial charge in [0.05, 0.1) is 11.6 Å². The number of carbonyl (C=O) groups is 1. The van der Waals surface area contributed by atoms with Crippen LogP contribution >= 0.6 is 0 Å². The molecule has 7 nitrogen and oxygen atoms in total. The summed E-state index contributed by atoms with van der Waals surface area (Å²) in [6.45, 7) is 6.67. The van der Waals surface area contributed by atoms with Gasteiger partial charge in [0.15, 0.2) is 0 Å². The van der Waals surface area contributed by atoms with E-state index in [1.807, 2.05) is 26.1 Å². The Hall–Kier alpha value is -2.54. The molecule has 0 aliphatic carbocycles. The number of amides is 1. The number of aromatic nitrogens is 3. The van der Waals surface area contributed by atoms with Crippen LogP contribution in [0.25, 0.3) is 0 Å². The summed E-state index contributed by atoms with van der Waals surface area (Å²) in [4.78, 5) is 27.7. The monoisotopic (exact) mass is 368 g/mol. The SMILES string of the molecule is CC(C)Nc1ncc(C(=O)NCC(c2cccnc2)N2CCCCC2)cn1. The molecule has 1 saturated heterocycles. The average Bonchev–Trinajstić information content (AvgIpc) is 2.70. The van der Waals surface area contributed by atoms with Crippen molar-refractivity contribution in [3.8, 4) is 0 Å². The third-order valence-electron chi connectivity index (χ3n) is 4.69. The molecule has 0 saturated carbocycles. The number of likely N-dealkylation sites (tertiary alicyclic amines) is 1. The van der Waals surface area contributed by atoms with Crippen LogP contribution in [0.4, 0.5) is 5.95 Å². The van der Waals surface area contributed by atoms with Crippen LogP contribution in [0, 0.1) is 0 Å². The van der Waals surface area contributed by atoms with E-state index < -0.39 is 0 Å². The molecule has 1 atom stereocenters. The molecule has 3 rings (SSSR count). The van der Waals surface area contributed by atoms with Crippen LogP contribution in [-0.4, -0.2) is 51.4 Å². The maximum absolute atomic E-state index is 12.6. The van der Waals surface area contributed by atoms with Gasteiger partial charge in [-0.25, -0.2) is 9.97 Å². The van der Waals surface area contributed by atoms with Gasteiger partial charge in [-0.3, -0.25) is 14.7 Å². The highest BCUT2D eigenvalue weighted by Crippen LogP contribution is 2.23. The maximum atomic E-state index is 12.6. The Labute approximate surface area is 160 Å². The summed E-state index contributed by atoms with van der Waals surface area (Å²) in [6, 6.07) is 4.40. The molecule has 144 valence electrons. The summed E-state index contributed by atoms with van der Waals surface area (Å²) in [5, 5.41) is 6.16. The first-order chi connectivity index (χ1) is 13.1. The fourth-order valence-corrected chi connectivity index (χ4v) is 3.33. The van der Waals surface area contributed by atoms with E-state index in [0.717, 1.165) is 18.7 Å². The number of pyridine rings is 1. The van der Waals surface area contributed by atoms with Gasteiger partial charge in [0.2, 0.25) is 5.95 Å². The van der Waals surface area contributed by atoms with E-state index in [1.54, 1.807) is 18.6 Å². The van der Waals surface area contributed by atoms with Crippen molar-refractivity contribution in [1.82, 2.24) is 25.2 Å². The molecular weight excluding hydrogens is 340 g/mol. The quantitative estimate of drug-likeness (QED) is 0.782. The second-order valence-corrected chi connectivity index (χ2v) is 7.20. The molecule has 2 aromatic heterocycles. The van der Waals surface area contributed by atoms with Crippen LogP contribution < -0.4 is 10.6 Å². The minimum absolute atomic E-state index is 0.130. The Morgan fingerprint density at radius 2 is 1.89 bits per heavy atom. The molecule has 1 fully saturated rings. The first kappa shape index (κ1) is 19.2. The van der Waals surface area contributed by atoms with Crippen molar-refractivity contribution in [3.63, 3.8) is 0 Å². The third-order valence-corrected chi connectivity index (χ3v) is 4.69. The van der Waals surface area contributed by atoms with Gasteiger partial charge in [-0.15, -0.1) is 0 Å². The molecule has 1 unspecified atom stereocenters.